The predicted molar refractivity (Wildman–Crippen MR) is 92.7 cm³/mol. The number of nitrogens with one attached hydrogen (secondary N) is 2. The number of carbonyl (C=O) groups excluding carboxylic acids is 2. The molecule has 0 aliphatic heterocycles. The fourth-order valence-electron chi connectivity index (χ4n) is 3.35. The first-order valence-electron chi connectivity index (χ1n) is 8.63. The first-order valence-corrected chi connectivity index (χ1v) is 8.63. The maximum atomic E-state index is 12.4. The minimum absolute atomic E-state index is 0.181. The van der Waals surface area contributed by atoms with Crippen LogP contribution in [0.1, 0.15) is 49.9 Å². The maximum Gasteiger partial charge on any atom is 0.341 e. The van der Waals surface area contributed by atoms with Crippen molar-refractivity contribution >= 4 is 22.8 Å². The van der Waals surface area contributed by atoms with E-state index in [2.05, 4.69) is 17.2 Å². The van der Waals surface area contributed by atoms with Crippen LogP contribution >= 0.6 is 0 Å². The van der Waals surface area contributed by atoms with Gasteiger partial charge in [-0.05, 0) is 31.7 Å². The zero-order valence-electron chi connectivity index (χ0n) is 14.2. The summed E-state index contributed by atoms with van der Waals surface area (Å²) in [6.45, 7) is 3.78. The molecule has 1 saturated carbocycles. The van der Waals surface area contributed by atoms with E-state index in [-0.39, 0.29) is 11.9 Å². The van der Waals surface area contributed by atoms with Crippen LogP contribution in [0.5, 0.6) is 0 Å². The molecule has 1 aromatic carbocycles. The third kappa shape index (κ3) is 3.45. The first kappa shape index (κ1) is 16.6. The second-order valence-electron chi connectivity index (χ2n) is 6.67. The Hall–Kier alpha value is -2.30. The Morgan fingerprint density at radius 2 is 2.00 bits per heavy atom. The number of para-hydroxylation sites is 1. The van der Waals surface area contributed by atoms with Gasteiger partial charge in [0.2, 0.25) is 0 Å². The van der Waals surface area contributed by atoms with Crippen molar-refractivity contribution in [1.82, 2.24) is 10.3 Å². The zero-order valence-corrected chi connectivity index (χ0v) is 14.2. The quantitative estimate of drug-likeness (QED) is 0.845. The number of hydrogen-bond acceptors (Lipinski definition) is 3. The third-order valence-electron chi connectivity index (χ3n) is 4.90. The van der Waals surface area contributed by atoms with Crippen LogP contribution < -0.4 is 5.32 Å². The van der Waals surface area contributed by atoms with Crippen LogP contribution in [0.2, 0.25) is 0 Å². The van der Waals surface area contributed by atoms with Crippen molar-refractivity contribution in [2.75, 3.05) is 0 Å². The number of hydrogen-bond donors (Lipinski definition) is 2. The highest BCUT2D eigenvalue weighted by molar-refractivity contribution is 6.04. The number of fused-ring (bicyclic) bond motifs is 1. The first-order chi connectivity index (χ1) is 11.6. The number of ether oxygens (including phenoxy) is 1. The fraction of sp³-hybridized carbons (Fsp3) is 0.474. The average molecular weight is 328 g/mol. The number of amides is 1. The van der Waals surface area contributed by atoms with E-state index >= 15 is 0 Å². The van der Waals surface area contributed by atoms with Gasteiger partial charge in [0.1, 0.15) is 0 Å². The molecule has 1 fully saturated rings. The van der Waals surface area contributed by atoms with Gasteiger partial charge in [0.25, 0.3) is 5.91 Å². The molecule has 1 aromatic heterocycles. The molecule has 5 nitrogen and oxygen atoms in total. The number of aromatic amines is 1. The SMILES string of the molecule is C[C@@H]1CCCC[C@H]1NC(=O)[C@@H](C)OC(=O)c1c[nH]c2ccccc12. The van der Waals surface area contributed by atoms with Crippen molar-refractivity contribution in [3.63, 3.8) is 0 Å². The summed E-state index contributed by atoms with van der Waals surface area (Å²) in [6.07, 6.45) is 5.31. The molecule has 0 saturated heterocycles. The summed E-state index contributed by atoms with van der Waals surface area (Å²) in [6, 6.07) is 7.70. The van der Waals surface area contributed by atoms with Gasteiger partial charge in [0.05, 0.1) is 5.56 Å². The molecule has 1 amide bonds. The van der Waals surface area contributed by atoms with E-state index in [1.807, 2.05) is 24.3 Å². The maximum absolute atomic E-state index is 12.4. The Morgan fingerprint density at radius 3 is 2.79 bits per heavy atom. The zero-order chi connectivity index (χ0) is 17.1. The molecular formula is C19H24N2O3. The lowest BCUT2D eigenvalue weighted by molar-refractivity contribution is -0.130. The average Bonchev–Trinajstić information content (AvgIpc) is 3.01. The van der Waals surface area contributed by atoms with Crippen molar-refractivity contribution in [3.8, 4) is 0 Å². The van der Waals surface area contributed by atoms with Crippen LogP contribution in [-0.2, 0) is 9.53 Å². The number of aromatic nitrogens is 1. The largest absolute Gasteiger partial charge is 0.449 e. The summed E-state index contributed by atoms with van der Waals surface area (Å²) in [5, 5.41) is 3.83. The van der Waals surface area contributed by atoms with Gasteiger partial charge >= 0.3 is 5.97 Å². The van der Waals surface area contributed by atoms with Gasteiger partial charge in [-0.3, -0.25) is 4.79 Å². The molecule has 2 aromatic rings. The lowest BCUT2D eigenvalue weighted by atomic mass is 9.86. The smallest absolute Gasteiger partial charge is 0.341 e. The van der Waals surface area contributed by atoms with Gasteiger partial charge in [0, 0.05) is 23.1 Å². The molecule has 0 radical (unpaired) electrons. The summed E-state index contributed by atoms with van der Waals surface area (Å²) in [5.41, 5.74) is 1.33. The van der Waals surface area contributed by atoms with Gasteiger partial charge in [-0.15, -0.1) is 0 Å². The standard InChI is InChI=1S/C19H24N2O3/c1-12-7-3-5-9-16(12)21-18(22)13(2)24-19(23)15-11-20-17-10-6-4-8-14(15)17/h4,6,8,10-13,16,20H,3,5,7,9H2,1-2H3,(H,21,22)/t12-,13-,16-/m1/s1. The van der Waals surface area contributed by atoms with Crippen molar-refractivity contribution in [3.05, 3.63) is 36.0 Å². The summed E-state index contributed by atoms with van der Waals surface area (Å²) in [4.78, 5) is 27.7. The Labute approximate surface area is 141 Å². The molecule has 5 heteroatoms. The van der Waals surface area contributed by atoms with E-state index in [1.165, 1.54) is 6.42 Å². The van der Waals surface area contributed by atoms with Crippen LogP contribution in [0.4, 0.5) is 0 Å². The molecule has 0 spiro atoms. The van der Waals surface area contributed by atoms with Gasteiger partial charge in [0.15, 0.2) is 6.10 Å². The van der Waals surface area contributed by atoms with E-state index in [9.17, 15) is 9.59 Å². The second-order valence-corrected chi connectivity index (χ2v) is 6.67. The van der Waals surface area contributed by atoms with E-state index in [4.69, 9.17) is 4.74 Å². The van der Waals surface area contributed by atoms with Gasteiger partial charge in [-0.1, -0.05) is 38.0 Å². The Kier molecular flexibility index (Phi) is 4.88. The highest BCUT2D eigenvalue weighted by atomic mass is 16.5. The number of rotatable bonds is 4. The van der Waals surface area contributed by atoms with E-state index in [0.717, 1.165) is 30.2 Å². The molecule has 3 rings (SSSR count). The van der Waals surface area contributed by atoms with E-state index in [0.29, 0.717) is 11.5 Å². The van der Waals surface area contributed by atoms with Crippen LogP contribution in [0.15, 0.2) is 30.5 Å². The van der Waals surface area contributed by atoms with Crippen molar-refractivity contribution in [1.29, 1.82) is 0 Å². The normalized spacial score (nSPS) is 22.1. The van der Waals surface area contributed by atoms with E-state index < -0.39 is 12.1 Å². The minimum atomic E-state index is -0.805. The number of esters is 1. The van der Waals surface area contributed by atoms with Crippen LogP contribution in [0, 0.1) is 5.92 Å². The lowest BCUT2D eigenvalue weighted by Gasteiger charge is -2.30. The Morgan fingerprint density at radius 1 is 1.25 bits per heavy atom. The summed E-state index contributed by atoms with van der Waals surface area (Å²) in [7, 11) is 0. The number of H-pyrrole nitrogens is 1. The summed E-state index contributed by atoms with van der Waals surface area (Å²) in [5.74, 6) is -0.229. The third-order valence-corrected chi connectivity index (χ3v) is 4.90. The van der Waals surface area contributed by atoms with E-state index in [1.54, 1.807) is 13.1 Å². The van der Waals surface area contributed by atoms with Gasteiger partial charge < -0.3 is 15.0 Å². The number of benzene rings is 1. The molecule has 0 bridgehead atoms. The lowest BCUT2D eigenvalue weighted by Crippen LogP contribution is -2.45. The van der Waals surface area contributed by atoms with Crippen LogP contribution in [0.25, 0.3) is 10.9 Å². The molecule has 128 valence electrons. The Bertz CT molecular complexity index is 737. The molecular weight excluding hydrogens is 304 g/mol. The molecule has 24 heavy (non-hydrogen) atoms. The van der Waals surface area contributed by atoms with Crippen LogP contribution in [-0.4, -0.2) is 29.0 Å². The predicted octanol–water partition coefficient (Wildman–Crippen LogP) is 3.41. The van der Waals surface area contributed by atoms with Crippen molar-refractivity contribution in [2.24, 2.45) is 5.92 Å². The monoisotopic (exact) mass is 328 g/mol. The molecule has 3 atom stereocenters. The second kappa shape index (κ2) is 7.07. The molecule has 0 unspecified atom stereocenters. The molecule has 1 aliphatic rings. The highest BCUT2D eigenvalue weighted by Crippen LogP contribution is 2.24. The van der Waals surface area contributed by atoms with Crippen molar-refractivity contribution in [2.45, 2.75) is 51.7 Å². The Balaban J connectivity index is 1.62. The van der Waals surface area contributed by atoms with Crippen molar-refractivity contribution < 1.29 is 14.3 Å². The minimum Gasteiger partial charge on any atom is -0.449 e. The van der Waals surface area contributed by atoms with Gasteiger partial charge in [-0.2, -0.15) is 0 Å². The van der Waals surface area contributed by atoms with Crippen LogP contribution in [0.3, 0.4) is 0 Å². The highest BCUT2D eigenvalue weighted by Gasteiger charge is 2.27. The topological polar surface area (TPSA) is 71.2 Å². The summed E-state index contributed by atoms with van der Waals surface area (Å²) < 4.78 is 5.37. The summed E-state index contributed by atoms with van der Waals surface area (Å²) >= 11 is 0. The number of carbonyl (C=O) groups is 2. The fourth-order valence-corrected chi connectivity index (χ4v) is 3.35. The molecule has 1 aliphatic carbocycles. The van der Waals surface area contributed by atoms with Gasteiger partial charge in [-0.25, -0.2) is 4.79 Å². The molecule has 1 heterocycles. The molecule has 2 N–H and O–H groups in total.